The fourth-order valence-corrected chi connectivity index (χ4v) is 4.04. The Morgan fingerprint density at radius 1 is 1.22 bits per heavy atom. The predicted octanol–water partition coefficient (Wildman–Crippen LogP) is 3.13. The fraction of sp³-hybridized carbons (Fsp3) is 0.933. The molecular formula is C15H29NO2. The van der Waals surface area contributed by atoms with E-state index in [1.54, 1.807) is 0 Å². The van der Waals surface area contributed by atoms with Crippen molar-refractivity contribution in [2.24, 2.45) is 33.8 Å². The maximum absolute atomic E-state index is 11.1. The number of nitrogens with two attached hydrogens (primary N) is 1. The van der Waals surface area contributed by atoms with E-state index in [9.17, 15) is 4.79 Å². The molecule has 18 heavy (non-hydrogen) atoms. The molecular weight excluding hydrogens is 226 g/mol. The smallest absolute Gasteiger partial charge is 0.303 e. The first kappa shape index (κ1) is 15.5. The van der Waals surface area contributed by atoms with Crippen LogP contribution >= 0.6 is 0 Å². The Kier molecular flexibility index (Phi) is 3.89. The summed E-state index contributed by atoms with van der Waals surface area (Å²) in [4.78, 5) is 11.1. The van der Waals surface area contributed by atoms with E-state index in [1.807, 2.05) is 0 Å². The first-order valence-electron chi connectivity index (χ1n) is 6.86. The number of hydrogen-bond acceptors (Lipinski definition) is 2. The van der Waals surface area contributed by atoms with Gasteiger partial charge in [-0.3, -0.25) is 4.79 Å². The molecule has 0 radical (unpaired) electrons. The van der Waals surface area contributed by atoms with Gasteiger partial charge < -0.3 is 10.8 Å². The summed E-state index contributed by atoms with van der Waals surface area (Å²) in [6.45, 7) is 13.9. The summed E-state index contributed by atoms with van der Waals surface area (Å²) < 4.78 is 0. The average molecular weight is 255 g/mol. The van der Waals surface area contributed by atoms with Crippen molar-refractivity contribution in [3.05, 3.63) is 0 Å². The molecule has 0 aromatic heterocycles. The molecule has 3 heteroatoms. The van der Waals surface area contributed by atoms with Crippen molar-refractivity contribution in [3.8, 4) is 0 Å². The highest BCUT2D eigenvalue weighted by atomic mass is 16.4. The zero-order chi connectivity index (χ0) is 14.4. The van der Waals surface area contributed by atoms with Crippen molar-refractivity contribution < 1.29 is 9.90 Å². The lowest BCUT2D eigenvalue weighted by Gasteiger charge is -2.63. The van der Waals surface area contributed by atoms with Crippen LogP contribution in [0.25, 0.3) is 0 Å². The zero-order valence-corrected chi connectivity index (χ0v) is 12.7. The maximum Gasteiger partial charge on any atom is 0.303 e. The van der Waals surface area contributed by atoms with Gasteiger partial charge in [-0.15, -0.1) is 0 Å². The van der Waals surface area contributed by atoms with Gasteiger partial charge >= 0.3 is 5.97 Å². The molecule has 1 fully saturated rings. The number of hydrogen-bond donors (Lipinski definition) is 2. The highest BCUT2D eigenvalue weighted by Crippen LogP contribution is 2.64. The van der Waals surface area contributed by atoms with Gasteiger partial charge in [0.05, 0.1) is 6.42 Å². The van der Waals surface area contributed by atoms with E-state index < -0.39 is 5.97 Å². The largest absolute Gasteiger partial charge is 0.481 e. The van der Waals surface area contributed by atoms with Gasteiger partial charge in [-0.05, 0) is 41.0 Å². The Hall–Kier alpha value is -0.570. The van der Waals surface area contributed by atoms with Crippen LogP contribution in [0.3, 0.4) is 0 Å². The second kappa shape index (κ2) is 4.52. The molecule has 1 aliphatic carbocycles. The van der Waals surface area contributed by atoms with Crippen molar-refractivity contribution in [2.45, 2.75) is 54.4 Å². The van der Waals surface area contributed by atoms with E-state index in [4.69, 9.17) is 10.8 Å². The lowest BCUT2D eigenvalue weighted by atomic mass is 9.41. The second-order valence-electron chi connectivity index (χ2n) is 8.16. The highest BCUT2D eigenvalue weighted by molar-refractivity contribution is 5.68. The van der Waals surface area contributed by atoms with E-state index >= 15 is 0 Å². The summed E-state index contributed by atoms with van der Waals surface area (Å²) in [6.07, 6.45) is 1.15. The number of carbonyl (C=O) groups is 1. The standard InChI is InChI=1S/C15H29NO2/c1-13(2,3)10-7-15(9-16,8-11(17)18)12(10)14(4,5)6/h10,12H,7-9,16H2,1-6H3,(H,17,18). The summed E-state index contributed by atoms with van der Waals surface area (Å²) >= 11 is 0. The molecule has 0 aromatic rings. The summed E-state index contributed by atoms with van der Waals surface area (Å²) in [5.74, 6) is 0.216. The Morgan fingerprint density at radius 3 is 2.00 bits per heavy atom. The fourth-order valence-electron chi connectivity index (χ4n) is 4.04. The van der Waals surface area contributed by atoms with Crippen LogP contribution in [0.1, 0.15) is 54.4 Å². The average Bonchev–Trinajstić information content (AvgIpc) is 2.05. The van der Waals surface area contributed by atoms with Crippen LogP contribution in [-0.2, 0) is 4.79 Å². The molecule has 1 rings (SSSR count). The third-order valence-electron chi connectivity index (χ3n) is 4.64. The Bertz CT molecular complexity index is 324. The van der Waals surface area contributed by atoms with Gasteiger partial charge in [0.1, 0.15) is 0 Å². The minimum Gasteiger partial charge on any atom is -0.481 e. The van der Waals surface area contributed by atoms with Crippen LogP contribution in [0.2, 0.25) is 0 Å². The monoisotopic (exact) mass is 255 g/mol. The Balaban J connectivity index is 3.06. The highest BCUT2D eigenvalue weighted by Gasteiger charge is 2.60. The topological polar surface area (TPSA) is 63.3 Å². The Morgan fingerprint density at radius 2 is 1.72 bits per heavy atom. The van der Waals surface area contributed by atoms with Gasteiger partial charge in [-0.1, -0.05) is 41.5 Å². The summed E-state index contributed by atoms with van der Waals surface area (Å²) in [5, 5.41) is 9.16. The number of carboxylic acid groups (broad SMARTS) is 1. The molecule has 3 atom stereocenters. The third kappa shape index (κ3) is 2.71. The minimum absolute atomic E-state index is 0.102. The molecule has 0 bridgehead atoms. The van der Waals surface area contributed by atoms with Gasteiger partial charge in [0, 0.05) is 0 Å². The molecule has 3 N–H and O–H groups in total. The second-order valence-corrected chi connectivity index (χ2v) is 8.16. The number of aliphatic carboxylic acids is 1. The van der Waals surface area contributed by atoms with Gasteiger partial charge in [0.25, 0.3) is 0 Å². The van der Waals surface area contributed by atoms with Gasteiger partial charge in [-0.2, -0.15) is 0 Å². The van der Waals surface area contributed by atoms with Crippen LogP contribution in [0.5, 0.6) is 0 Å². The SMILES string of the molecule is CC(C)(C)C1CC(CN)(CC(=O)O)C1C(C)(C)C. The number of carboxylic acids is 1. The molecule has 0 amide bonds. The predicted molar refractivity (Wildman–Crippen MR) is 74.2 cm³/mol. The van der Waals surface area contributed by atoms with Gasteiger partial charge in [-0.25, -0.2) is 0 Å². The molecule has 0 aromatic carbocycles. The van der Waals surface area contributed by atoms with Gasteiger partial charge in [0.15, 0.2) is 0 Å². The molecule has 3 unspecified atom stereocenters. The molecule has 0 aliphatic heterocycles. The van der Waals surface area contributed by atoms with Crippen LogP contribution in [-0.4, -0.2) is 17.6 Å². The van der Waals surface area contributed by atoms with Crippen molar-refractivity contribution in [2.75, 3.05) is 6.54 Å². The molecule has 106 valence electrons. The summed E-state index contributed by atoms with van der Waals surface area (Å²) in [5.41, 5.74) is 6.06. The first-order valence-corrected chi connectivity index (χ1v) is 6.86. The quantitative estimate of drug-likeness (QED) is 0.814. The van der Waals surface area contributed by atoms with Crippen molar-refractivity contribution in [1.29, 1.82) is 0 Å². The first-order chi connectivity index (χ1) is 7.94. The minimum atomic E-state index is -0.720. The van der Waals surface area contributed by atoms with E-state index in [2.05, 4.69) is 41.5 Å². The van der Waals surface area contributed by atoms with Gasteiger partial charge in [0.2, 0.25) is 0 Å². The van der Waals surface area contributed by atoms with Crippen LogP contribution in [0.4, 0.5) is 0 Å². The molecule has 0 heterocycles. The zero-order valence-electron chi connectivity index (χ0n) is 12.7. The molecule has 0 spiro atoms. The van der Waals surface area contributed by atoms with Crippen molar-refractivity contribution in [3.63, 3.8) is 0 Å². The van der Waals surface area contributed by atoms with E-state index in [0.29, 0.717) is 18.4 Å². The van der Waals surface area contributed by atoms with Crippen molar-refractivity contribution >= 4 is 5.97 Å². The Labute approximate surface area is 111 Å². The van der Waals surface area contributed by atoms with Crippen LogP contribution in [0.15, 0.2) is 0 Å². The summed E-state index contributed by atoms with van der Waals surface area (Å²) in [6, 6.07) is 0. The van der Waals surface area contributed by atoms with E-state index in [1.165, 1.54) is 0 Å². The van der Waals surface area contributed by atoms with E-state index in [0.717, 1.165) is 6.42 Å². The van der Waals surface area contributed by atoms with Crippen LogP contribution in [0, 0.1) is 28.1 Å². The summed E-state index contributed by atoms with van der Waals surface area (Å²) in [7, 11) is 0. The van der Waals surface area contributed by atoms with E-state index in [-0.39, 0.29) is 22.7 Å². The van der Waals surface area contributed by atoms with Crippen LogP contribution < -0.4 is 5.73 Å². The molecule has 1 saturated carbocycles. The lowest BCUT2D eigenvalue weighted by molar-refractivity contribution is -0.168. The maximum atomic E-state index is 11.1. The molecule has 3 nitrogen and oxygen atoms in total. The molecule has 0 saturated heterocycles. The molecule has 1 aliphatic rings. The normalized spacial score (nSPS) is 33.1. The number of rotatable bonds is 3. The van der Waals surface area contributed by atoms with Crippen molar-refractivity contribution in [1.82, 2.24) is 0 Å². The lowest BCUT2D eigenvalue weighted by Crippen LogP contribution is -2.61. The third-order valence-corrected chi connectivity index (χ3v) is 4.64.